The molecule has 1 saturated heterocycles. The fourth-order valence-corrected chi connectivity index (χ4v) is 3.90. The van der Waals surface area contributed by atoms with Crippen molar-refractivity contribution >= 4 is 28.7 Å². The molecule has 2 aromatic carbocycles. The number of aryl methyl sites for hydroxylation is 1. The zero-order valence-corrected chi connectivity index (χ0v) is 21.7. The average Bonchev–Trinajstić information content (AvgIpc) is 2.96. The minimum atomic E-state index is 0.559. The van der Waals surface area contributed by atoms with Gasteiger partial charge in [0, 0.05) is 65.1 Å². The molecule has 0 spiro atoms. The molecule has 3 heterocycles. The number of morpholine rings is 1. The summed E-state index contributed by atoms with van der Waals surface area (Å²) >= 11 is 0. The third kappa shape index (κ3) is 6.92. The molecule has 0 saturated carbocycles. The predicted molar refractivity (Wildman–Crippen MR) is 153 cm³/mol. The summed E-state index contributed by atoms with van der Waals surface area (Å²) < 4.78 is 5.44. The van der Waals surface area contributed by atoms with Gasteiger partial charge in [-0.1, -0.05) is 32.6 Å². The van der Waals surface area contributed by atoms with Crippen LogP contribution in [0, 0.1) is 6.92 Å². The molecular weight excluding hydrogens is 460 g/mol. The third-order valence-electron chi connectivity index (χ3n) is 5.89. The minimum absolute atomic E-state index is 0.559. The summed E-state index contributed by atoms with van der Waals surface area (Å²) in [5.74, 6) is 0.559. The Kier molecular flexibility index (Phi) is 8.84. The van der Waals surface area contributed by atoms with Crippen molar-refractivity contribution in [3.05, 3.63) is 97.0 Å². The second-order valence-corrected chi connectivity index (χ2v) is 8.41. The summed E-state index contributed by atoms with van der Waals surface area (Å²) in [5.41, 5.74) is 7.70. The van der Waals surface area contributed by atoms with Crippen LogP contribution in [0.2, 0.25) is 0 Å². The lowest BCUT2D eigenvalue weighted by Gasteiger charge is -2.28. The summed E-state index contributed by atoms with van der Waals surface area (Å²) in [4.78, 5) is 15.8. The van der Waals surface area contributed by atoms with Crippen LogP contribution in [0.1, 0.15) is 25.1 Å². The Morgan fingerprint density at radius 2 is 1.57 bits per heavy atom. The van der Waals surface area contributed by atoms with Gasteiger partial charge in [-0.3, -0.25) is 4.98 Å². The van der Waals surface area contributed by atoms with Crippen LogP contribution in [-0.4, -0.2) is 41.3 Å². The number of ether oxygens (including phenoxy) is 1. The number of hydrogen-bond acceptors (Lipinski definition) is 7. The molecule has 1 aliphatic rings. The second-order valence-electron chi connectivity index (χ2n) is 8.41. The van der Waals surface area contributed by atoms with E-state index >= 15 is 0 Å². The van der Waals surface area contributed by atoms with Gasteiger partial charge >= 0.3 is 0 Å². The van der Waals surface area contributed by atoms with Crippen molar-refractivity contribution in [1.82, 2.24) is 15.0 Å². The van der Waals surface area contributed by atoms with Gasteiger partial charge in [0.15, 0.2) is 0 Å². The van der Waals surface area contributed by atoms with Crippen LogP contribution in [-0.2, 0) is 4.74 Å². The zero-order chi connectivity index (χ0) is 26.0. The van der Waals surface area contributed by atoms with Crippen molar-refractivity contribution in [2.75, 3.05) is 41.8 Å². The van der Waals surface area contributed by atoms with Crippen LogP contribution >= 0.6 is 0 Å². The van der Waals surface area contributed by atoms with E-state index in [1.165, 1.54) is 5.69 Å². The van der Waals surface area contributed by atoms with Gasteiger partial charge in [-0.05, 0) is 61.5 Å². The van der Waals surface area contributed by atoms with Crippen molar-refractivity contribution in [1.29, 1.82) is 0 Å². The third-order valence-corrected chi connectivity index (χ3v) is 5.89. The molecule has 2 aromatic heterocycles. The minimum Gasteiger partial charge on any atom is -0.378 e. The first-order valence-electron chi connectivity index (χ1n) is 12.7. The zero-order valence-electron chi connectivity index (χ0n) is 21.7. The topological polar surface area (TPSA) is 75.2 Å². The molecule has 7 heteroatoms. The number of nitrogens with one attached hydrogen (secondary N) is 2. The van der Waals surface area contributed by atoms with Gasteiger partial charge in [-0.15, -0.1) is 0 Å². The SMILES string of the molecule is C=C(Nc1ccc(-c2ccnc(Nc3ccc(N4CCOCC4)cc3)n2)cc1)c1ccc(C)nc1.CC. The molecule has 5 rings (SSSR count). The average molecular weight is 495 g/mol. The smallest absolute Gasteiger partial charge is 0.227 e. The first-order valence-corrected chi connectivity index (χ1v) is 12.7. The quantitative estimate of drug-likeness (QED) is 0.302. The number of hydrogen-bond donors (Lipinski definition) is 2. The number of benzene rings is 2. The number of rotatable bonds is 7. The highest BCUT2D eigenvalue weighted by molar-refractivity contribution is 5.76. The lowest BCUT2D eigenvalue weighted by Crippen LogP contribution is -2.36. The van der Waals surface area contributed by atoms with Crippen LogP contribution in [0.4, 0.5) is 23.0 Å². The molecule has 7 nitrogen and oxygen atoms in total. The summed E-state index contributed by atoms with van der Waals surface area (Å²) in [7, 11) is 0. The van der Waals surface area contributed by atoms with E-state index in [4.69, 9.17) is 9.72 Å². The van der Waals surface area contributed by atoms with E-state index in [0.29, 0.717) is 5.95 Å². The Labute approximate surface area is 219 Å². The van der Waals surface area contributed by atoms with Gasteiger partial charge in [-0.25, -0.2) is 9.97 Å². The van der Waals surface area contributed by atoms with Crippen LogP contribution in [0.15, 0.2) is 85.7 Å². The fourth-order valence-electron chi connectivity index (χ4n) is 3.90. The van der Waals surface area contributed by atoms with Gasteiger partial charge < -0.3 is 20.3 Å². The first-order chi connectivity index (χ1) is 18.1. The van der Waals surface area contributed by atoms with E-state index in [9.17, 15) is 0 Å². The van der Waals surface area contributed by atoms with Crippen LogP contribution < -0.4 is 15.5 Å². The van der Waals surface area contributed by atoms with Crippen LogP contribution in [0.3, 0.4) is 0 Å². The van der Waals surface area contributed by atoms with Gasteiger partial charge in [0.1, 0.15) is 0 Å². The number of anilines is 4. The van der Waals surface area contributed by atoms with Crippen molar-refractivity contribution in [3.63, 3.8) is 0 Å². The maximum Gasteiger partial charge on any atom is 0.227 e. The number of pyridine rings is 1. The van der Waals surface area contributed by atoms with Crippen molar-refractivity contribution < 1.29 is 4.74 Å². The summed E-state index contributed by atoms with van der Waals surface area (Å²) in [6, 6.07) is 22.3. The highest BCUT2D eigenvalue weighted by atomic mass is 16.5. The van der Waals surface area contributed by atoms with E-state index in [1.54, 1.807) is 6.20 Å². The first kappa shape index (κ1) is 25.9. The molecule has 0 amide bonds. The van der Waals surface area contributed by atoms with E-state index < -0.39 is 0 Å². The highest BCUT2D eigenvalue weighted by Crippen LogP contribution is 2.24. The predicted octanol–water partition coefficient (Wildman–Crippen LogP) is 6.54. The maximum absolute atomic E-state index is 5.44. The highest BCUT2D eigenvalue weighted by Gasteiger charge is 2.11. The molecule has 1 fully saturated rings. The number of nitrogens with zero attached hydrogens (tertiary/aromatic N) is 4. The normalized spacial score (nSPS) is 12.8. The monoisotopic (exact) mass is 494 g/mol. The molecule has 0 aliphatic carbocycles. The van der Waals surface area contributed by atoms with Crippen molar-refractivity contribution in [2.45, 2.75) is 20.8 Å². The number of aromatic nitrogens is 3. The van der Waals surface area contributed by atoms with Gasteiger partial charge in [0.05, 0.1) is 18.9 Å². The van der Waals surface area contributed by atoms with Gasteiger partial charge in [0.2, 0.25) is 5.95 Å². The van der Waals surface area contributed by atoms with Crippen LogP contribution in [0.5, 0.6) is 0 Å². The summed E-state index contributed by atoms with van der Waals surface area (Å²) in [6.07, 6.45) is 3.59. The largest absolute Gasteiger partial charge is 0.378 e. The summed E-state index contributed by atoms with van der Waals surface area (Å²) in [6.45, 7) is 13.5. The Hall–Kier alpha value is -4.23. The van der Waals surface area contributed by atoms with Gasteiger partial charge in [-0.2, -0.15) is 0 Å². The standard InChI is InChI=1S/C28H28N6O.C2H6/c1-20-3-4-23(19-30-20)21(2)31-24-7-5-22(6-8-24)27-13-14-29-28(33-27)32-25-9-11-26(12-10-25)34-15-17-35-18-16-34;1-2/h3-14,19,31H,2,15-18H2,1H3,(H,29,32,33);1-2H3. The Morgan fingerprint density at radius 1 is 0.865 bits per heavy atom. The Morgan fingerprint density at radius 3 is 2.24 bits per heavy atom. The molecule has 1 aliphatic heterocycles. The van der Waals surface area contributed by atoms with Crippen molar-refractivity contribution in [2.24, 2.45) is 0 Å². The van der Waals surface area contributed by atoms with Crippen molar-refractivity contribution in [3.8, 4) is 11.3 Å². The lowest BCUT2D eigenvalue weighted by atomic mass is 10.1. The summed E-state index contributed by atoms with van der Waals surface area (Å²) in [5, 5.41) is 6.65. The van der Waals surface area contributed by atoms with Crippen LogP contribution in [0.25, 0.3) is 17.0 Å². The lowest BCUT2D eigenvalue weighted by molar-refractivity contribution is 0.122. The Bertz CT molecular complexity index is 1280. The molecule has 0 unspecified atom stereocenters. The van der Waals surface area contributed by atoms with E-state index in [0.717, 1.165) is 65.9 Å². The molecule has 37 heavy (non-hydrogen) atoms. The molecule has 0 atom stereocenters. The second kappa shape index (κ2) is 12.6. The molecule has 0 bridgehead atoms. The van der Waals surface area contributed by atoms with E-state index in [-0.39, 0.29) is 0 Å². The molecular formula is C30H34N6O. The molecule has 190 valence electrons. The van der Waals surface area contributed by atoms with E-state index in [1.807, 2.05) is 69.4 Å². The van der Waals surface area contributed by atoms with E-state index in [2.05, 4.69) is 56.3 Å². The fraction of sp³-hybridized carbons (Fsp3) is 0.233. The van der Waals surface area contributed by atoms with Gasteiger partial charge in [0.25, 0.3) is 0 Å². The maximum atomic E-state index is 5.44. The Balaban J connectivity index is 0.00000156. The molecule has 2 N–H and O–H groups in total. The molecule has 0 radical (unpaired) electrons. The molecule has 4 aromatic rings.